The summed E-state index contributed by atoms with van der Waals surface area (Å²) >= 11 is 0. The van der Waals surface area contributed by atoms with Crippen molar-refractivity contribution in [3.63, 3.8) is 0 Å². The van der Waals surface area contributed by atoms with Crippen LogP contribution in [-0.2, 0) is 25.7 Å². The molecule has 0 bridgehead atoms. The fourth-order valence-electron chi connectivity index (χ4n) is 10.8. The smallest absolute Gasteiger partial charge is 0.0142 e. The van der Waals surface area contributed by atoms with E-state index in [2.05, 4.69) is 189 Å². The first kappa shape index (κ1) is 52.4. The van der Waals surface area contributed by atoms with Crippen molar-refractivity contribution in [2.75, 3.05) is 0 Å². The van der Waals surface area contributed by atoms with Crippen molar-refractivity contribution in [2.24, 2.45) is 0 Å². The van der Waals surface area contributed by atoms with Crippen LogP contribution in [-0.4, -0.2) is 0 Å². The van der Waals surface area contributed by atoms with Crippen molar-refractivity contribution < 1.29 is 0 Å². The maximum atomic E-state index is 2.49. The monoisotopic (exact) mass is 927 g/mol. The molecule has 0 nitrogen and oxygen atoms in total. The Morgan fingerprint density at radius 3 is 0.657 bits per heavy atom. The third-order valence-corrected chi connectivity index (χ3v) is 15.3. The van der Waals surface area contributed by atoms with Crippen LogP contribution in [0.4, 0.5) is 0 Å². The van der Waals surface area contributed by atoms with Crippen LogP contribution in [0.15, 0.2) is 133 Å². The van der Waals surface area contributed by atoms with Crippen molar-refractivity contribution in [1.82, 2.24) is 0 Å². The van der Waals surface area contributed by atoms with Gasteiger partial charge in [0.05, 0.1) is 0 Å². The van der Waals surface area contributed by atoms with E-state index in [-0.39, 0.29) is 0 Å². The van der Waals surface area contributed by atoms with E-state index in [1.165, 1.54) is 214 Å². The molecule has 0 amide bonds. The molecule has 0 aliphatic heterocycles. The number of hydrogen-bond donors (Lipinski definition) is 0. The lowest BCUT2D eigenvalue weighted by Gasteiger charge is -2.21. The SMILES string of the molecule is CCCCCCc1ccc(-c2cc(-c3cc(C)cc(-c4cc(-c5ccc(CCCCCC)cc5)c(C)c(-c5ccc(CCCCCC)cc5)c4)c3C)cc(-c3ccc(CCCCCC)cc3)c2C)cc1. The predicted molar refractivity (Wildman–Crippen MR) is 309 cm³/mol. The van der Waals surface area contributed by atoms with Crippen LogP contribution in [0.1, 0.15) is 175 Å². The van der Waals surface area contributed by atoms with Crippen LogP contribution in [0.3, 0.4) is 0 Å². The number of unbranched alkanes of at least 4 members (excludes halogenated alkanes) is 12. The maximum Gasteiger partial charge on any atom is -0.0142 e. The summed E-state index contributed by atoms with van der Waals surface area (Å²) in [7, 11) is 0. The molecule has 7 aromatic carbocycles. The summed E-state index contributed by atoms with van der Waals surface area (Å²) in [5.41, 5.74) is 26.7. The van der Waals surface area contributed by atoms with E-state index in [1.54, 1.807) is 0 Å². The van der Waals surface area contributed by atoms with Crippen LogP contribution in [0.5, 0.6) is 0 Å². The molecule has 0 N–H and O–H groups in total. The quantitative estimate of drug-likeness (QED) is 0.0475. The first-order chi connectivity index (χ1) is 34.2. The highest BCUT2D eigenvalue weighted by Gasteiger charge is 2.19. The summed E-state index contributed by atoms with van der Waals surface area (Å²) in [6, 6.07) is 52.9. The third-order valence-electron chi connectivity index (χ3n) is 15.3. The average Bonchev–Trinajstić information content (AvgIpc) is 3.38. The molecule has 366 valence electrons. The first-order valence-corrected chi connectivity index (χ1v) is 28.0. The van der Waals surface area contributed by atoms with Crippen molar-refractivity contribution in [2.45, 2.75) is 184 Å². The van der Waals surface area contributed by atoms with Crippen molar-refractivity contribution in [1.29, 1.82) is 0 Å². The summed E-state index contributed by atoms with van der Waals surface area (Å²) < 4.78 is 0. The Labute approximate surface area is 426 Å². The van der Waals surface area contributed by atoms with Gasteiger partial charge in [-0.25, -0.2) is 0 Å². The predicted octanol–water partition coefficient (Wildman–Crippen LogP) is 21.4. The molecule has 0 unspecified atom stereocenters. The Morgan fingerprint density at radius 2 is 0.443 bits per heavy atom. The minimum Gasteiger partial charge on any atom is -0.0654 e. The maximum absolute atomic E-state index is 2.49. The van der Waals surface area contributed by atoms with E-state index >= 15 is 0 Å². The zero-order valence-electron chi connectivity index (χ0n) is 44.8. The van der Waals surface area contributed by atoms with Crippen LogP contribution in [0, 0.1) is 27.7 Å². The minimum atomic E-state index is 1.15. The van der Waals surface area contributed by atoms with Gasteiger partial charge in [-0.2, -0.15) is 0 Å². The molecule has 7 aromatic rings. The Hall–Kier alpha value is -5.46. The van der Waals surface area contributed by atoms with E-state index < -0.39 is 0 Å². The second-order valence-electron chi connectivity index (χ2n) is 20.9. The lowest BCUT2D eigenvalue weighted by molar-refractivity contribution is 0.667. The van der Waals surface area contributed by atoms with Gasteiger partial charge in [0.1, 0.15) is 0 Å². The summed E-state index contributed by atoms with van der Waals surface area (Å²) in [5.74, 6) is 0. The number of benzene rings is 7. The summed E-state index contributed by atoms with van der Waals surface area (Å²) in [5, 5.41) is 0. The topological polar surface area (TPSA) is 0 Å². The molecule has 7 rings (SSSR count). The molecule has 0 spiro atoms. The van der Waals surface area contributed by atoms with Gasteiger partial charge in [0.15, 0.2) is 0 Å². The molecule has 0 heterocycles. The molecule has 0 aromatic heterocycles. The highest BCUT2D eigenvalue weighted by atomic mass is 14.2. The van der Waals surface area contributed by atoms with E-state index in [0.717, 1.165) is 25.7 Å². The van der Waals surface area contributed by atoms with Crippen molar-refractivity contribution in [3.05, 3.63) is 178 Å². The fraction of sp³-hybridized carbons (Fsp3) is 0.400. The van der Waals surface area contributed by atoms with Crippen molar-refractivity contribution in [3.8, 4) is 66.8 Å². The molecule has 0 aliphatic rings. The van der Waals surface area contributed by atoms with Gasteiger partial charge in [-0.1, -0.05) is 214 Å². The number of hydrogen-bond acceptors (Lipinski definition) is 0. The Kier molecular flexibility index (Phi) is 19.9. The molecule has 70 heavy (non-hydrogen) atoms. The second kappa shape index (κ2) is 26.7. The highest BCUT2D eigenvalue weighted by Crippen LogP contribution is 2.43. The molecular weight excluding hydrogens is 841 g/mol. The highest BCUT2D eigenvalue weighted by molar-refractivity contribution is 5.90. The van der Waals surface area contributed by atoms with Gasteiger partial charge in [0.2, 0.25) is 0 Å². The van der Waals surface area contributed by atoms with Crippen LogP contribution >= 0.6 is 0 Å². The van der Waals surface area contributed by atoms with Gasteiger partial charge in [-0.3, -0.25) is 0 Å². The summed E-state index contributed by atoms with van der Waals surface area (Å²) in [6.07, 6.45) is 25.2. The normalized spacial score (nSPS) is 11.4. The molecule has 0 saturated heterocycles. The zero-order chi connectivity index (χ0) is 49.2. The van der Waals surface area contributed by atoms with Gasteiger partial charge in [-0.05, 0) is 215 Å². The molecule has 0 saturated carbocycles. The second-order valence-corrected chi connectivity index (χ2v) is 20.9. The first-order valence-electron chi connectivity index (χ1n) is 28.0. The molecular formula is C70H86. The Bertz CT molecular complexity index is 2350. The number of rotatable bonds is 26. The van der Waals surface area contributed by atoms with E-state index in [9.17, 15) is 0 Å². The zero-order valence-corrected chi connectivity index (χ0v) is 44.8. The summed E-state index contributed by atoms with van der Waals surface area (Å²) in [4.78, 5) is 0. The van der Waals surface area contributed by atoms with Gasteiger partial charge in [-0.15, -0.1) is 0 Å². The molecule has 0 aliphatic carbocycles. The van der Waals surface area contributed by atoms with E-state index in [1.807, 2.05) is 0 Å². The van der Waals surface area contributed by atoms with Gasteiger partial charge < -0.3 is 0 Å². The van der Waals surface area contributed by atoms with Gasteiger partial charge in [0, 0.05) is 0 Å². The van der Waals surface area contributed by atoms with Crippen molar-refractivity contribution >= 4 is 0 Å². The minimum absolute atomic E-state index is 1.15. The Morgan fingerprint density at radius 1 is 0.229 bits per heavy atom. The van der Waals surface area contributed by atoms with Crippen LogP contribution in [0.2, 0.25) is 0 Å². The largest absolute Gasteiger partial charge is 0.0654 e. The third kappa shape index (κ3) is 13.9. The standard InChI is InChI=1S/C70H86/c1-9-13-17-21-25-55-29-37-59(38-30-55)67-47-63(48-68(53(67)7)60-39-31-56(32-40-60)26-22-18-14-10-2)65-45-51(5)46-66(52(65)6)64-49-69(61-41-33-57(34-42-61)27-23-19-15-11-3)54(8)70(50-64)62-43-35-58(36-44-62)28-24-20-16-12-4/h29-50H,9-28H2,1-8H3. The average molecular weight is 927 g/mol. The summed E-state index contributed by atoms with van der Waals surface area (Å²) in [6.45, 7) is 18.5. The fourth-order valence-corrected chi connectivity index (χ4v) is 10.8. The lowest BCUT2D eigenvalue weighted by Crippen LogP contribution is -1.97. The van der Waals surface area contributed by atoms with Crippen LogP contribution in [0.25, 0.3) is 66.8 Å². The molecule has 0 atom stereocenters. The Balaban J connectivity index is 1.33. The molecule has 0 radical (unpaired) electrons. The molecule has 0 fully saturated rings. The van der Waals surface area contributed by atoms with E-state index in [4.69, 9.17) is 0 Å². The number of aryl methyl sites for hydroxylation is 5. The molecule has 0 heteroatoms. The lowest BCUT2D eigenvalue weighted by atomic mass is 9.83. The van der Waals surface area contributed by atoms with E-state index in [0.29, 0.717) is 0 Å². The van der Waals surface area contributed by atoms with Gasteiger partial charge >= 0.3 is 0 Å². The van der Waals surface area contributed by atoms with Gasteiger partial charge in [0.25, 0.3) is 0 Å². The van der Waals surface area contributed by atoms with Crippen LogP contribution < -0.4 is 0 Å².